The fraction of sp³-hybridized carbons (Fsp3) is 0.765. The minimum atomic E-state index is -0.512. The predicted molar refractivity (Wildman–Crippen MR) is 240 cm³/mol. The van der Waals surface area contributed by atoms with Crippen molar-refractivity contribution in [2.24, 2.45) is 0 Å². The predicted octanol–water partition coefficient (Wildman–Crippen LogP) is 11.4. The summed E-state index contributed by atoms with van der Waals surface area (Å²) >= 11 is 0. The molecule has 1 N–H and O–H groups in total. The molecule has 5 nitrogen and oxygen atoms in total. The second kappa shape index (κ2) is 35.0. The average Bonchev–Trinajstić information content (AvgIpc) is 3.19. The number of ether oxygens (including phenoxy) is 2. The van der Waals surface area contributed by atoms with E-state index < -0.39 is 6.10 Å². The lowest BCUT2D eigenvalue weighted by Crippen LogP contribution is -3.00. The molecule has 2 aromatic rings. The van der Waals surface area contributed by atoms with E-state index in [9.17, 15) is 4.79 Å². The number of unbranched alkanes of at least 4 members (excludes halogenated alkanes) is 24. The van der Waals surface area contributed by atoms with Gasteiger partial charge in [-0.2, -0.15) is 0 Å². The summed E-state index contributed by atoms with van der Waals surface area (Å²) in [6.45, 7) is 15.7. The number of amides is 1. The average molecular weight is 905 g/mol. The monoisotopic (exact) mass is 905 g/mol. The Labute approximate surface area is 370 Å². The first-order valence-electron chi connectivity index (χ1n) is 24.0. The summed E-state index contributed by atoms with van der Waals surface area (Å²) < 4.78 is 15.2. The van der Waals surface area contributed by atoms with E-state index in [4.69, 9.17) is 9.47 Å². The molecule has 0 saturated heterocycles. The van der Waals surface area contributed by atoms with Gasteiger partial charge in [0, 0.05) is 30.7 Å². The Kier molecular flexibility index (Phi) is 32.6. The molecule has 0 bridgehead atoms. The second-order valence-corrected chi connectivity index (χ2v) is 17.7. The van der Waals surface area contributed by atoms with Crippen LogP contribution in [0.2, 0.25) is 0 Å². The summed E-state index contributed by atoms with van der Waals surface area (Å²) in [7, 11) is 0. The molecule has 0 saturated carbocycles. The van der Waals surface area contributed by atoms with Gasteiger partial charge in [0.25, 0.3) is 5.91 Å². The molecular weight excluding hydrogens is 815 g/mol. The number of hydrogen-bond donors (Lipinski definition) is 1. The normalized spacial score (nSPS) is 12.0. The first-order valence-corrected chi connectivity index (χ1v) is 24.0. The van der Waals surface area contributed by atoms with Crippen LogP contribution in [0.4, 0.5) is 0 Å². The highest BCUT2D eigenvalue weighted by Gasteiger charge is 2.24. The quantitative estimate of drug-likeness (QED) is 0.0421. The third-order valence-corrected chi connectivity index (χ3v) is 11.5. The number of rotatable bonds is 36. The number of carbonyl (C=O) groups is 1. The van der Waals surface area contributed by atoms with Crippen LogP contribution in [0.1, 0.15) is 226 Å². The SMILES string of the molecule is CCCCCCCCCCCCCCCCC(Oc1ccc(OCCCCCCCCCCCCCC)c(C(C)(C)C)c1)C(=O)NCCc1cccc[n+]1CC.[I-]. The van der Waals surface area contributed by atoms with Crippen LogP contribution in [0.15, 0.2) is 42.6 Å². The van der Waals surface area contributed by atoms with Gasteiger partial charge in [-0.25, -0.2) is 4.57 Å². The minimum Gasteiger partial charge on any atom is -1.00 e. The molecule has 0 fully saturated rings. The third kappa shape index (κ3) is 26.1. The molecular formula is C51H89IN2O3. The topological polar surface area (TPSA) is 51.4 Å². The van der Waals surface area contributed by atoms with Gasteiger partial charge >= 0.3 is 0 Å². The van der Waals surface area contributed by atoms with E-state index in [-0.39, 0.29) is 35.3 Å². The van der Waals surface area contributed by atoms with Gasteiger partial charge in [-0.15, -0.1) is 0 Å². The number of nitrogens with zero attached hydrogens (tertiary/aromatic N) is 1. The van der Waals surface area contributed by atoms with E-state index >= 15 is 0 Å². The zero-order chi connectivity index (χ0) is 40.5. The van der Waals surface area contributed by atoms with Crippen molar-refractivity contribution in [3.63, 3.8) is 0 Å². The van der Waals surface area contributed by atoms with Crippen LogP contribution in [0, 0.1) is 0 Å². The highest BCUT2D eigenvalue weighted by Crippen LogP contribution is 2.35. The van der Waals surface area contributed by atoms with E-state index in [0.717, 1.165) is 62.3 Å². The lowest BCUT2D eigenvalue weighted by Gasteiger charge is -2.25. The van der Waals surface area contributed by atoms with Crippen molar-refractivity contribution in [1.82, 2.24) is 5.32 Å². The fourth-order valence-electron chi connectivity index (χ4n) is 7.83. The highest BCUT2D eigenvalue weighted by atomic mass is 127. The Hall–Kier alpha value is -1.83. The summed E-state index contributed by atoms with van der Waals surface area (Å²) in [6, 6.07) is 12.5. The van der Waals surface area contributed by atoms with Crippen molar-refractivity contribution >= 4 is 5.91 Å². The van der Waals surface area contributed by atoms with Gasteiger partial charge in [-0.1, -0.05) is 195 Å². The lowest BCUT2D eigenvalue weighted by atomic mass is 9.86. The van der Waals surface area contributed by atoms with Crippen LogP contribution < -0.4 is 43.3 Å². The molecule has 57 heavy (non-hydrogen) atoms. The van der Waals surface area contributed by atoms with Gasteiger partial charge < -0.3 is 38.8 Å². The van der Waals surface area contributed by atoms with Crippen molar-refractivity contribution < 1.29 is 42.8 Å². The third-order valence-electron chi connectivity index (χ3n) is 11.5. The number of carbonyl (C=O) groups excluding carboxylic acids is 1. The van der Waals surface area contributed by atoms with Crippen LogP contribution in [-0.4, -0.2) is 25.2 Å². The number of halogens is 1. The summed E-state index contributed by atoms with van der Waals surface area (Å²) in [5, 5.41) is 3.22. The molecule has 0 spiro atoms. The van der Waals surface area contributed by atoms with Crippen molar-refractivity contribution in [3.8, 4) is 11.5 Å². The van der Waals surface area contributed by atoms with E-state index in [2.05, 4.69) is 88.0 Å². The van der Waals surface area contributed by atoms with Gasteiger partial charge in [0.1, 0.15) is 18.0 Å². The Morgan fingerprint density at radius 2 is 1.14 bits per heavy atom. The van der Waals surface area contributed by atoms with E-state index in [1.807, 2.05) is 6.07 Å². The summed E-state index contributed by atoms with van der Waals surface area (Å²) in [5.74, 6) is 1.68. The highest BCUT2D eigenvalue weighted by molar-refractivity contribution is 5.81. The van der Waals surface area contributed by atoms with Crippen LogP contribution in [-0.2, 0) is 23.2 Å². The van der Waals surface area contributed by atoms with Crippen molar-refractivity contribution in [2.45, 2.75) is 239 Å². The molecule has 0 radical (unpaired) electrons. The number of pyridine rings is 1. The van der Waals surface area contributed by atoms with Crippen molar-refractivity contribution in [2.75, 3.05) is 13.2 Å². The smallest absolute Gasteiger partial charge is 0.261 e. The van der Waals surface area contributed by atoms with Crippen molar-refractivity contribution in [1.29, 1.82) is 0 Å². The van der Waals surface area contributed by atoms with Crippen LogP contribution in [0.3, 0.4) is 0 Å². The molecule has 1 unspecified atom stereocenters. The molecule has 0 aliphatic heterocycles. The Morgan fingerprint density at radius 3 is 1.63 bits per heavy atom. The number of aromatic nitrogens is 1. The summed E-state index contributed by atoms with van der Waals surface area (Å²) in [5.41, 5.74) is 2.26. The second-order valence-electron chi connectivity index (χ2n) is 17.7. The maximum absolute atomic E-state index is 13.7. The van der Waals surface area contributed by atoms with Gasteiger partial charge in [0.15, 0.2) is 18.0 Å². The first-order chi connectivity index (χ1) is 27.3. The molecule has 1 amide bonds. The number of hydrogen-bond acceptors (Lipinski definition) is 3. The Balaban J connectivity index is 0.0000162. The largest absolute Gasteiger partial charge is 1.00 e. The van der Waals surface area contributed by atoms with E-state index in [0.29, 0.717) is 6.54 Å². The Bertz CT molecular complexity index is 1250. The zero-order valence-corrected chi connectivity index (χ0v) is 40.2. The van der Waals surface area contributed by atoms with Crippen LogP contribution >= 0.6 is 0 Å². The summed E-state index contributed by atoms with van der Waals surface area (Å²) in [4.78, 5) is 13.7. The molecule has 6 heteroatoms. The van der Waals surface area contributed by atoms with Gasteiger partial charge in [-0.3, -0.25) is 4.79 Å². The molecule has 0 aliphatic rings. The van der Waals surface area contributed by atoms with Gasteiger partial charge in [0.05, 0.1) is 6.61 Å². The lowest BCUT2D eigenvalue weighted by molar-refractivity contribution is -0.700. The summed E-state index contributed by atoms with van der Waals surface area (Å²) in [6.07, 6.45) is 37.7. The Morgan fingerprint density at radius 1 is 0.649 bits per heavy atom. The molecule has 1 atom stereocenters. The molecule has 2 rings (SSSR count). The van der Waals surface area contributed by atoms with Crippen LogP contribution in [0.5, 0.6) is 11.5 Å². The number of nitrogens with one attached hydrogen (secondary N) is 1. The molecule has 1 heterocycles. The van der Waals surface area contributed by atoms with Crippen LogP contribution in [0.25, 0.3) is 0 Å². The van der Waals surface area contributed by atoms with Crippen molar-refractivity contribution in [3.05, 3.63) is 53.9 Å². The van der Waals surface area contributed by atoms with Gasteiger partial charge in [0.2, 0.25) is 0 Å². The fourth-order valence-corrected chi connectivity index (χ4v) is 7.83. The van der Waals surface area contributed by atoms with E-state index in [1.54, 1.807) is 0 Å². The molecule has 0 aliphatic carbocycles. The maximum Gasteiger partial charge on any atom is 0.261 e. The number of benzene rings is 1. The molecule has 1 aromatic carbocycles. The first kappa shape index (κ1) is 53.2. The molecule has 328 valence electrons. The zero-order valence-electron chi connectivity index (χ0n) is 38.1. The van der Waals surface area contributed by atoms with E-state index in [1.165, 1.54) is 153 Å². The molecule has 1 aromatic heterocycles. The standard InChI is InChI=1S/C51H88N2O3.HI/c1-7-10-12-14-16-18-20-22-23-24-26-28-30-32-37-49(50(54)52-41-40-45-36-33-34-42-53(45)9-3)56-46-38-39-48(47(44-46)51(4,5)6)55-43-35-31-29-27-25-21-19-17-15-13-11-8-2;/h33-34,36,38-39,42,44,49H,7-32,35,37,40-41,43H2,1-6H3;1H. The number of aryl methyl sites for hydroxylation is 1. The maximum atomic E-state index is 13.7. The van der Waals surface area contributed by atoms with Gasteiger partial charge in [-0.05, 0) is 49.8 Å². The minimum absolute atomic E-state index is 0.